The molecule has 0 atom stereocenters. The van der Waals surface area contributed by atoms with Crippen LogP contribution in [0.5, 0.6) is 0 Å². The maximum atomic E-state index is 9.00. The minimum Gasteiger partial charge on any atom is -0.513 e. The summed E-state index contributed by atoms with van der Waals surface area (Å²) in [6.45, 7) is 5.82. The number of aliphatic hydroxyl groups is 1. The maximum absolute atomic E-state index is 9.00. The maximum Gasteiger partial charge on any atom is 0.0851 e. The Morgan fingerprint density at radius 3 is 1.00 bits per heavy atom. The van der Waals surface area contributed by atoms with Gasteiger partial charge in [0.1, 0.15) is 0 Å². The van der Waals surface area contributed by atoms with E-state index in [1.807, 2.05) is 0 Å². The van der Waals surface area contributed by atoms with E-state index in [0.29, 0.717) is 5.76 Å². The first-order chi connectivity index (χ1) is 11.8. The summed E-state index contributed by atoms with van der Waals surface area (Å²) in [4.78, 5) is 0. The molecule has 0 aromatic carbocycles. The predicted octanol–water partition coefficient (Wildman–Crippen LogP) is 8.88. The Kier molecular flexibility index (Phi) is 20.2. The van der Waals surface area contributed by atoms with Gasteiger partial charge >= 0.3 is 0 Å². The van der Waals surface area contributed by atoms with Crippen molar-refractivity contribution in [1.29, 1.82) is 0 Å². The average Bonchev–Trinajstić information content (AvgIpc) is 2.56. The molecule has 1 heteroatoms. The molecular weight excluding hydrogens is 292 g/mol. The fourth-order valence-corrected chi connectivity index (χ4v) is 3.41. The Labute approximate surface area is 153 Å². The van der Waals surface area contributed by atoms with Gasteiger partial charge in [0.25, 0.3) is 0 Å². The zero-order chi connectivity index (χ0) is 17.7. The highest BCUT2D eigenvalue weighted by molar-refractivity contribution is 4.77. The molecule has 0 aromatic rings. The minimum atomic E-state index is 0.349. The highest BCUT2D eigenvalue weighted by Gasteiger charge is 1.95. The molecule has 0 amide bonds. The second-order valence-electron chi connectivity index (χ2n) is 7.68. The lowest BCUT2D eigenvalue weighted by atomic mass is 10.0. The van der Waals surface area contributed by atoms with Gasteiger partial charge in [0, 0.05) is 6.42 Å². The minimum absolute atomic E-state index is 0.349. The van der Waals surface area contributed by atoms with Crippen LogP contribution < -0.4 is 0 Å². The molecule has 0 radical (unpaired) electrons. The van der Waals surface area contributed by atoms with Gasteiger partial charge in [-0.1, -0.05) is 129 Å². The van der Waals surface area contributed by atoms with Gasteiger partial charge in [0.05, 0.1) is 5.76 Å². The van der Waals surface area contributed by atoms with Crippen LogP contribution in [-0.4, -0.2) is 5.11 Å². The molecule has 0 heterocycles. The summed E-state index contributed by atoms with van der Waals surface area (Å²) < 4.78 is 0. The Balaban J connectivity index is 2.97. The van der Waals surface area contributed by atoms with Crippen LogP contribution in [-0.2, 0) is 0 Å². The van der Waals surface area contributed by atoms with Crippen LogP contribution in [0.1, 0.15) is 135 Å². The van der Waals surface area contributed by atoms with Crippen molar-refractivity contribution in [3.63, 3.8) is 0 Å². The van der Waals surface area contributed by atoms with Crippen LogP contribution >= 0.6 is 0 Å². The van der Waals surface area contributed by atoms with E-state index in [0.717, 1.165) is 12.8 Å². The highest BCUT2D eigenvalue weighted by atomic mass is 16.3. The number of rotatable bonds is 20. The Bertz CT molecular complexity index is 246. The standard InChI is InChI=1S/C23H46O/c1-3-4-5-6-7-8-9-10-11-12-13-14-15-16-17-18-19-20-21-22-23(2)24/h24H,2-22H2,1H3. The summed E-state index contributed by atoms with van der Waals surface area (Å²) in [5.74, 6) is 0.349. The zero-order valence-corrected chi connectivity index (χ0v) is 16.8. The zero-order valence-electron chi connectivity index (χ0n) is 16.8. The summed E-state index contributed by atoms with van der Waals surface area (Å²) in [5, 5.41) is 9.00. The molecule has 1 nitrogen and oxygen atoms in total. The van der Waals surface area contributed by atoms with E-state index in [4.69, 9.17) is 5.11 Å². The second-order valence-corrected chi connectivity index (χ2v) is 7.68. The van der Waals surface area contributed by atoms with Crippen molar-refractivity contribution in [3.05, 3.63) is 12.3 Å². The Morgan fingerprint density at radius 2 is 0.750 bits per heavy atom. The van der Waals surface area contributed by atoms with Crippen molar-refractivity contribution >= 4 is 0 Å². The van der Waals surface area contributed by atoms with Crippen molar-refractivity contribution in [2.45, 2.75) is 135 Å². The quantitative estimate of drug-likeness (QED) is 0.173. The number of hydrogen-bond acceptors (Lipinski definition) is 1. The fourth-order valence-electron chi connectivity index (χ4n) is 3.41. The molecule has 0 spiro atoms. The molecule has 0 unspecified atom stereocenters. The summed E-state index contributed by atoms with van der Waals surface area (Å²) in [6, 6.07) is 0. The number of unbranched alkanes of at least 4 members (excludes halogenated alkanes) is 18. The van der Waals surface area contributed by atoms with Crippen molar-refractivity contribution in [3.8, 4) is 0 Å². The number of aliphatic hydroxyl groups excluding tert-OH is 1. The molecule has 0 aromatic heterocycles. The van der Waals surface area contributed by atoms with Crippen LogP contribution in [0.3, 0.4) is 0 Å². The molecule has 0 saturated carbocycles. The van der Waals surface area contributed by atoms with E-state index in [-0.39, 0.29) is 0 Å². The third-order valence-corrected chi connectivity index (χ3v) is 5.07. The Hall–Kier alpha value is -0.460. The monoisotopic (exact) mass is 338 g/mol. The predicted molar refractivity (Wildman–Crippen MR) is 110 cm³/mol. The second kappa shape index (κ2) is 20.6. The van der Waals surface area contributed by atoms with Gasteiger partial charge in [-0.3, -0.25) is 0 Å². The lowest BCUT2D eigenvalue weighted by molar-refractivity contribution is 0.383. The van der Waals surface area contributed by atoms with Gasteiger partial charge in [-0.25, -0.2) is 0 Å². The fraction of sp³-hybridized carbons (Fsp3) is 0.913. The van der Waals surface area contributed by atoms with Crippen molar-refractivity contribution in [2.24, 2.45) is 0 Å². The molecule has 0 fully saturated rings. The van der Waals surface area contributed by atoms with E-state index in [2.05, 4.69) is 13.5 Å². The van der Waals surface area contributed by atoms with Gasteiger partial charge in [0.2, 0.25) is 0 Å². The SMILES string of the molecule is C=C(O)CCCCCCCCCCCCCCCCCCCCC. The lowest BCUT2D eigenvalue weighted by Crippen LogP contribution is -1.84. The molecule has 0 saturated heterocycles. The molecular formula is C23H46O. The summed E-state index contributed by atoms with van der Waals surface area (Å²) in [6.07, 6.45) is 27.5. The normalized spacial score (nSPS) is 11.0. The Morgan fingerprint density at radius 1 is 0.500 bits per heavy atom. The van der Waals surface area contributed by atoms with Gasteiger partial charge in [-0.2, -0.15) is 0 Å². The van der Waals surface area contributed by atoms with Crippen LogP contribution in [0.4, 0.5) is 0 Å². The van der Waals surface area contributed by atoms with E-state index < -0.39 is 0 Å². The van der Waals surface area contributed by atoms with E-state index in [9.17, 15) is 0 Å². The van der Waals surface area contributed by atoms with Crippen LogP contribution in [0.2, 0.25) is 0 Å². The smallest absolute Gasteiger partial charge is 0.0851 e. The van der Waals surface area contributed by atoms with E-state index >= 15 is 0 Å². The molecule has 24 heavy (non-hydrogen) atoms. The third kappa shape index (κ3) is 21.5. The van der Waals surface area contributed by atoms with Crippen LogP contribution in [0.25, 0.3) is 0 Å². The van der Waals surface area contributed by atoms with Gasteiger partial charge in [-0.05, 0) is 6.42 Å². The van der Waals surface area contributed by atoms with Gasteiger partial charge < -0.3 is 5.11 Å². The molecule has 0 rings (SSSR count). The van der Waals surface area contributed by atoms with Crippen molar-refractivity contribution < 1.29 is 5.11 Å². The molecule has 0 aliphatic heterocycles. The summed E-state index contributed by atoms with van der Waals surface area (Å²) in [7, 11) is 0. The van der Waals surface area contributed by atoms with Gasteiger partial charge in [-0.15, -0.1) is 0 Å². The van der Waals surface area contributed by atoms with E-state index in [1.165, 1.54) is 116 Å². The largest absolute Gasteiger partial charge is 0.513 e. The third-order valence-electron chi connectivity index (χ3n) is 5.07. The molecule has 0 aliphatic carbocycles. The first kappa shape index (κ1) is 23.5. The first-order valence-corrected chi connectivity index (χ1v) is 11.1. The van der Waals surface area contributed by atoms with Crippen molar-refractivity contribution in [2.75, 3.05) is 0 Å². The summed E-state index contributed by atoms with van der Waals surface area (Å²) >= 11 is 0. The van der Waals surface area contributed by atoms with Crippen LogP contribution in [0, 0.1) is 0 Å². The van der Waals surface area contributed by atoms with E-state index in [1.54, 1.807) is 0 Å². The molecule has 144 valence electrons. The summed E-state index contributed by atoms with van der Waals surface area (Å²) in [5.41, 5.74) is 0. The van der Waals surface area contributed by atoms with Gasteiger partial charge in [0.15, 0.2) is 0 Å². The molecule has 0 bridgehead atoms. The van der Waals surface area contributed by atoms with Crippen molar-refractivity contribution in [1.82, 2.24) is 0 Å². The lowest BCUT2D eigenvalue weighted by Gasteiger charge is -2.04. The topological polar surface area (TPSA) is 20.2 Å². The molecule has 1 N–H and O–H groups in total. The number of hydrogen-bond donors (Lipinski definition) is 1. The molecule has 0 aliphatic rings. The number of allylic oxidation sites excluding steroid dienone is 1. The first-order valence-electron chi connectivity index (χ1n) is 11.1. The van der Waals surface area contributed by atoms with Crippen LogP contribution in [0.15, 0.2) is 12.3 Å². The highest BCUT2D eigenvalue weighted by Crippen LogP contribution is 2.15. The average molecular weight is 339 g/mol.